The van der Waals surface area contributed by atoms with E-state index in [0.717, 1.165) is 40.6 Å². The number of thioether (sulfide) groups is 1. The first kappa shape index (κ1) is 25.8. The van der Waals surface area contributed by atoms with Crippen LogP contribution in [0.15, 0.2) is 47.6 Å². The molecule has 35 heavy (non-hydrogen) atoms. The highest BCUT2D eigenvalue weighted by Crippen LogP contribution is 2.56. The summed E-state index contributed by atoms with van der Waals surface area (Å²) in [6.07, 6.45) is 17.6. The maximum absolute atomic E-state index is 12.4. The van der Waals surface area contributed by atoms with Gasteiger partial charge in [-0.15, -0.1) is 0 Å². The number of allylic oxidation sites excluding steroid dienone is 3. The van der Waals surface area contributed by atoms with Crippen molar-refractivity contribution in [1.82, 2.24) is 5.32 Å². The molecule has 4 bridgehead atoms. The molecule has 5 heteroatoms. The molecule has 1 unspecified atom stereocenters. The first-order chi connectivity index (χ1) is 16.9. The number of esters is 1. The number of carbonyl (C=O) groups is 2. The van der Waals surface area contributed by atoms with Gasteiger partial charge < -0.3 is 10.1 Å². The van der Waals surface area contributed by atoms with E-state index in [-0.39, 0.29) is 11.9 Å². The normalized spacial score (nSPS) is 26.1. The number of hydrogen-bond acceptors (Lipinski definition) is 4. The molecule has 1 N–H and O–H groups in total. The van der Waals surface area contributed by atoms with Crippen LogP contribution >= 0.6 is 11.8 Å². The van der Waals surface area contributed by atoms with Gasteiger partial charge in [0.15, 0.2) is 0 Å². The van der Waals surface area contributed by atoms with Crippen LogP contribution in [0.4, 0.5) is 0 Å². The Morgan fingerprint density at radius 2 is 1.69 bits per heavy atom. The average molecular weight is 494 g/mol. The third-order valence-corrected chi connectivity index (χ3v) is 8.39. The summed E-state index contributed by atoms with van der Waals surface area (Å²) in [5, 5.41) is 2.79. The van der Waals surface area contributed by atoms with Gasteiger partial charge in [-0.1, -0.05) is 48.1 Å². The van der Waals surface area contributed by atoms with Crippen LogP contribution in [0, 0.1) is 23.7 Å². The molecular formula is C30H39NO3S. The molecule has 0 heterocycles. The van der Waals surface area contributed by atoms with E-state index in [1.165, 1.54) is 43.7 Å². The lowest BCUT2D eigenvalue weighted by molar-refractivity contribution is -0.147. The van der Waals surface area contributed by atoms with Crippen molar-refractivity contribution in [1.29, 1.82) is 0 Å². The van der Waals surface area contributed by atoms with Crippen LogP contribution in [0.1, 0.15) is 63.5 Å². The fraction of sp³-hybridized carbons (Fsp3) is 0.533. The van der Waals surface area contributed by atoms with Crippen molar-refractivity contribution in [2.75, 3.05) is 18.6 Å². The lowest BCUT2D eigenvalue weighted by atomic mass is 9.54. The van der Waals surface area contributed by atoms with Gasteiger partial charge in [0.1, 0.15) is 6.04 Å². The molecule has 1 aromatic rings. The largest absolute Gasteiger partial charge is 0.464 e. The zero-order valence-corrected chi connectivity index (χ0v) is 22.1. The molecule has 4 aliphatic rings. The zero-order chi connectivity index (χ0) is 24.8. The van der Waals surface area contributed by atoms with E-state index >= 15 is 0 Å². The Bertz CT molecular complexity index is 961. The van der Waals surface area contributed by atoms with Gasteiger partial charge in [0.2, 0.25) is 5.91 Å². The quantitative estimate of drug-likeness (QED) is 0.237. The molecule has 0 aromatic heterocycles. The molecule has 1 atom stereocenters. The van der Waals surface area contributed by atoms with Crippen molar-refractivity contribution in [2.24, 2.45) is 23.7 Å². The van der Waals surface area contributed by atoms with Gasteiger partial charge in [-0.25, -0.2) is 4.79 Å². The number of benzene rings is 1. The Morgan fingerprint density at radius 3 is 2.29 bits per heavy atom. The number of amides is 1. The average Bonchev–Trinajstić information content (AvgIpc) is 2.83. The second kappa shape index (κ2) is 12.1. The van der Waals surface area contributed by atoms with E-state index in [1.807, 2.05) is 25.3 Å². The van der Waals surface area contributed by atoms with E-state index in [4.69, 9.17) is 4.74 Å². The predicted molar refractivity (Wildman–Crippen MR) is 146 cm³/mol. The predicted octanol–water partition coefficient (Wildman–Crippen LogP) is 6.29. The first-order valence-electron chi connectivity index (χ1n) is 13.1. The van der Waals surface area contributed by atoms with E-state index in [0.29, 0.717) is 13.0 Å². The monoisotopic (exact) mass is 493 g/mol. The minimum atomic E-state index is -0.612. The van der Waals surface area contributed by atoms with Crippen LogP contribution in [0.3, 0.4) is 0 Å². The van der Waals surface area contributed by atoms with Crippen molar-refractivity contribution in [3.05, 3.63) is 58.7 Å². The lowest BCUT2D eigenvalue weighted by Gasteiger charge is -2.51. The van der Waals surface area contributed by atoms with Crippen LogP contribution < -0.4 is 5.32 Å². The fourth-order valence-corrected chi connectivity index (χ4v) is 6.75. The smallest absolute Gasteiger partial charge is 0.328 e. The molecule has 0 spiro atoms. The van der Waals surface area contributed by atoms with Crippen LogP contribution in [0.5, 0.6) is 0 Å². The number of hydrogen-bond donors (Lipinski definition) is 1. The SMILES string of the molecule is CCOC(=O)C(CCSC)NC(=O)C=C(C)C=Cc1ccc(C=C2C3CC4CC(C3)CC2C4)cc1. The molecule has 5 rings (SSSR count). The Kier molecular flexibility index (Phi) is 8.94. The van der Waals surface area contributed by atoms with Gasteiger partial charge in [-0.2, -0.15) is 11.8 Å². The number of carbonyl (C=O) groups excluding carboxylic acids is 2. The Balaban J connectivity index is 1.33. The van der Waals surface area contributed by atoms with Gasteiger partial charge in [0.05, 0.1) is 6.61 Å². The summed E-state index contributed by atoms with van der Waals surface area (Å²) in [6, 6.07) is 8.09. The highest BCUT2D eigenvalue weighted by Gasteiger charge is 2.44. The van der Waals surface area contributed by atoms with E-state index in [1.54, 1.807) is 24.3 Å². The second-order valence-electron chi connectivity index (χ2n) is 10.4. The highest BCUT2D eigenvalue weighted by atomic mass is 32.2. The molecule has 0 radical (unpaired) electrons. The Hall–Kier alpha value is -2.27. The third-order valence-electron chi connectivity index (χ3n) is 7.75. The molecule has 1 amide bonds. The molecule has 4 nitrogen and oxygen atoms in total. The lowest BCUT2D eigenvalue weighted by Crippen LogP contribution is -2.41. The van der Waals surface area contributed by atoms with Crippen LogP contribution in [0.25, 0.3) is 12.2 Å². The molecular weight excluding hydrogens is 454 g/mol. The minimum absolute atomic E-state index is 0.274. The summed E-state index contributed by atoms with van der Waals surface area (Å²) in [6.45, 7) is 3.97. The standard InChI is InChI=1S/C30H39NO3S/c1-4-34-30(33)28(11-12-35-3)31-29(32)13-20(2)5-6-21-7-9-22(10-8-21)19-27-25-15-23-14-24(17-25)18-26(27)16-23/h5-10,13,19,23-26,28H,4,11-12,14-18H2,1-3H3,(H,31,32). The molecule has 4 aliphatic carbocycles. The summed E-state index contributed by atoms with van der Waals surface area (Å²) < 4.78 is 5.10. The van der Waals surface area contributed by atoms with Crippen molar-refractivity contribution >= 4 is 35.8 Å². The summed E-state index contributed by atoms with van der Waals surface area (Å²) in [5.74, 6) is 3.77. The maximum Gasteiger partial charge on any atom is 0.328 e. The van der Waals surface area contributed by atoms with Crippen LogP contribution in [-0.4, -0.2) is 36.5 Å². The van der Waals surface area contributed by atoms with Crippen molar-refractivity contribution in [3.8, 4) is 0 Å². The highest BCUT2D eigenvalue weighted by molar-refractivity contribution is 7.98. The molecule has 4 fully saturated rings. The molecule has 0 saturated heterocycles. The van der Waals surface area contributed by atoms with E-state index in [2.05, 4.69) is 35.7 Å². The van der Waals surface area contributed by atoms with Gasteiger partial charge in [0.25, 0.3) is 0 Å². The van der Waals surface area contributed by atoms with Gasteiger partial charge in [-0.05, 0) is 105 Å². The maximum atomic E-state index is 12.4. The summed E-state index contributed by atoms with van der Waals surface area (Å²) in [7, 11) is 0. The molecule has 0 aliphatic heterocycles. The van der Waals surface area contributed by atoms with Crippen LogP contribution in [0.2, 0.25) is 0 Å². The van der Waals surface area contributed by atoms with Crippen molar-refractivity contribution in [3.63, 3.8) is 0 Å². The van der Waals surface area contributed by atoms with E-state index < -0.39 is 6.04 Å². The summed E-state index contributed by atoms with van der Waals surface area (Å²) in [5.41, 5.74) is 4.94. The molecule has 188 valence electrons. The van der Waals surface area contributed by atoms with Crippen molar-refractivity contribution < 1.29 is 14.3 Å². The number of ether oxygens (including phenoxy) is 1. The number of nitrogens with one attached hydrogen (secondary N) is 1. The van der Waals surface area contributed by atoms with Gasteiger partial charge in [0, 0.05) is 6.08 Å². The fourth-order valence-electron chi connectivity index (χ4n) is 6.28. The van der Waals surface area contributed by atoms with E-state index in [9.17, 15) is 9.59 Å². The first-order valence-corrected chi connectivity index (χ1v) is 14.5. The third kappa shape index (κ3) is 6.91. The number of rotatable bonds is 10. The summed E-state index contributed by atoms with van der Waals surface area (Å²) >= 11 is 1.64. The zero-order valence-electron chi connectivity index (χ0n) is 21.3. The molecule has 4 saturated carbocycles. The van der Waals surface area contributed by atoms with Gasteiger partial charge in [-0.3, -0.25) is 4.79 Å². The van der Waals surface area contributed by atoms with Crippen molar-refractivity contribution in [2.45, 2.75) is 58.4 Å². The topological polar surface area (TPSA) is 55.4 Å². The minimum Gasteiger partial charge on any atom is -0.464 e. The Labute approximate surface area is 214 Å². The van der Waals surface area contributed by atoms with Crippen LogP contribution in [-0.2, 0) is 14.3 Å². The molecule has 1 aromatic carbocycles. The van der Waals surface area contributed by atoms with Gasteiger partial charge >= 0.3 is 5.97 Å². The summed E-state index contributed by atoms with van der Waals surface area (Å²) in [4.78, 5) is 24.6. The second-order valence-corrected chi connectivity index (χ2v) is 11.4. The Morgan fingerprint density at radius 1 is 1.06 bits per heavy atom.